The maximum Gasteiger partial charge on any atom is 0.244 e. The van der Waals surface area contributed by atoms with Crippen molar-refractivity contribution in [3.05, 3.63) is 90.8 Å². The molecule has 0 amide bonds. The molecule has 6 nitrogen and oxygen atoms in total. The van der Waals surface area contributed by atoms with Crippen molar-refractivity contribution in [3.8, 4) is 28.3 Å². The Morgan fingerprint density at radius 2 is 1.64 bits per heavy atom. The maximum absolute atomic E-state index is 10.2. The normalized spacial score (nSPS) is 10.9. The molecule has 0 aliphatic heterocycles. The zero-order valence-electron chi connectivity index (χ0n) is 14.9. The molecular weight excluding hydrogens is 350 g/mol. The van der Waals surface area contributed by atoms with E-state index in [2.05, 4.69) is 25.5 Å². The van der Waals surface area contributed by atoms with Gasteiger partial charge in [-0.05, 0) is 24.3 Å². The first-order chi connectivity index (χ1) is 13.8. The Kier molecular flexibility index (Phi) is 5.02. The number of hydrogen-bond donors (Lipinski definition) is 2. The number of benzene rings is 2. The summed E-state index contributed by atoms with van der Waals surface area (Å²) in [5.41, 5.74) is 6.63. The molecule has 6 heteroatoms. The zero-order chi connectivity index (χ0) is 19.2. The number of aromatic nitrogens is 3. The molecule has 136 valence electrons. The second kappa shape index (κ2) is 8.09. The van der Waals surface area contributed by atoms with Gasteiger partial charge in [0.05, 0.1) is 17.6 Å². The molecule has 0 aliphatic rings. The van der Waals surface area contributed by atoms with E-state index in [0.717, 1.165) is 16.8 Å². The predicted octanol–water partition coefficient (Wildman–Crippen LogP) is 4.36. The topological polar surface area (TPSA) is 83.3 Å². The van der Waals surface area contributed by atoms with Crippen LogP contribution < -0.4 is 5.43 Å². The lowest BCUT2D eigenvalue weighted by molar-refractivity contribution is 0.477. The zero-order valence-corrected chi connectivity index (χ0v) is 14.9. The number of nitrogens with zero attached hydrogens (tertiary/aromatic N) is 4. The second-order valence-electron chi connectivity index (χ2n) is 6.00. The number of phenols is 1. The quantitative estimate of drug-likeness (QED) is 0.404. The highest BCUT2D eigenvalue weighted by atomic mass is 16.3. The molecule has 0 aliphatic carbocycles. The maximum atomic E-state index is 10.2. The second-order valence-corrected chi connectivity index (χ2v) is 6.00. The average molecular weight is 367 g/mol. The molecule has 4 rings (SSSR count). The molecule has 0 unspecified atom stereocenters. The van der Waals surface area contributed by atoms with Crippen LogP contribution in [0, 0.1) is 0 Å². The third-order valence-electron chi connectivity index (χ3n) is 4.04. The fourth-order valence-corrected chi connectivity index (χ4v) is 2.70. The van der Waals surface area contributed by atoms with Crippen molar-refractivity contribution in [2.75, 3.05) is 5.43 Å². The number of aromatic hydroxyl groups is 1. The van der Waals surface area contributed by atoms with Crippen LogP contribution in [0.3, 0.4) is 0 Å². The Balaban J connectivity index is 1.72. The van der Waals surface area contributed by atoms with Crippen molar-refractivity contribution in [2.24, 2.45) is 5.10 Å². The minimum Gasteiger partial charge on any atom is -0.507 e. The van der Waals surface area contributed by atoms with Gasteiger partial charge in [0.25, 0.3) is 0 Å². The summed E-state index contributed by atoms with van der Waals surface area (Å²) in [5.74, 6) is 0.491. The van der Waals surface area contributed by atoms with Crippen molar-refractivity contribution in [1.82, 2.24) is 15.0 Å². The summed E-state index contributed by atoms with van der Waals surface area (Å²) in [6.07, 6.45) is 5.06. The Morgan fingerprint density at radius 1 is 0.857 bits per heavy atom. The SMILES string of the molecule is Oc1ccccc1-c1cc(-c2ccccc2)nc(N/N=C/c2cccnc2)n1. The first kappa shape index (κ1) is 17.4. The summed E-state index contributed by atoms with van der Waals surface area (Å²) in [6.45, 7) is 0. The summed E-state index contributed by atoms with van der Waals surface area (Å²) in [6, 6.07) is 22.4. The molecule has 0 saturated carbocycles. The number of phenolic OH excluding ortho intramolecular Hbond substituents is 1. The molecule has 0 atom stereocenters. The van der Waals surface area contributed by atoms with Gasteiger partial charge in [-0.3, -0.25) is 4.98 Å². The number of para-hydroxylation sites is 1. The Bertz CT molecular complexity index is 1100. The highest BCUT2D eigenvalue weighted by Gasteiger charge is 2.11. The predicted molar refractivity (Wildman–Crippen MR) is 110 cm³/mol. The van der Waals surface area contributed by atoms with Gasteiger partial charge in [0.2, 0.25) is 5.95 Å². The molecule has 0 radical (unpaired) electrons. The van der Waals surface area contributed by atoms with Crippen molar-refractivity contribution in [3.63, 3.8) is 0 Å². The largest absolute Gasteiger partial charge is 0.507 e. The van der Waals surface area contributed by atoms with E-state index in [-0.39, 0.29) is 5.75 Å². The molecule has 2 N–H and O–H groups in total. The highest BCUT2D eigenvalue weighted by molar-refractivity contribution is 5.79. The van der Waals surface area contributed by atoms with Gasteiger partial charge in [-0.15, -0.1) is 0 Å². The lowest BCUT2D eigenvalue weighted by Crippen LogP contribution is -2.00. The molecule has 0 spiro atoms. The van der Waals surface area contributed by atoms with E-state index < -0.39 is 0 Å². The van der Waals surface area contributed by atoms with E-state index in [1.807, 2.05) is 60.7 Å². The fourth-order valence-electron chi connectivity index (χ4n) is 2.70. The number of hydrazone groups is 1. The standard InChI is InChI=1S/C22H17N5O/c28-21-11-5-4-10-18(21)20-13-19(17-8-2-1-3-9-17)25-22(26-20)27-24-15-16-7-6-12-23-14-16/h1-15,28H,(H,25,26,27)/b24-15+. The van der Waals surface area contributed by atoms with Gasteiger partial charge in [-0.1, -0.05) is 48.5 Å². The van der Waals surface area contributed by atoms with E-state index in [9.17, 15) is 5.11 Å². The molecule has 0 fully saturated rings. The van der Waals surface area contributed by atoms with E-state index in [1.165, 1.54) is 0 Å². The molecule has 2 heterocycles. The highest BCUT2D eigenvalue weighted by Crippen LogP contribution is 2.30. The molecule has 2 aromatic heterocycles. The molecule has 2 aromatic carbocycles. The minimum atomic E-state index is 0.157. The van der Waals surface area contributed by atoms with Gasteiger partial charge in [-0.25, -0.2) is 15.4 Å². The number of rotatable bonds is 5. The first-order valence-electron chi connectivity index (χ1n) is 8.71. The lowest BCUT2D eigenvalue weighted by atomic mass is 10.1. The van der Waals surface area contributed by atoms with Gasteiger partial charge in [-0.2, -0.15) is 5.10 Å². The summed E-state index contributed by atoms with van der Waals surface area (Å²) in [7, 11) is 0. The molecule has 4 aromatic rings. The fraction of sp³-hybridized carbons (Fsp3) is 0. The van der Waals surface area contributed by atoms with E-state index in [1.54, 1.807) is 30.7 Å². The Hall–Kier alpha value is -4.06. The number of anilines is 1. The van der Waals surface area contributed by atoms with Crippen molar-refractivity contribution in [1.29, 1.82) is 0 Å². The van der Waals surface area contributed by atoms with Crippen LogP contribution in [-0.4, -0.2) is 26.3 Å². The minimum absolute atomic E-state index is 0.157. The van der Waals surface area contributed by atoms with Gasteiger partial charge in [0.1, 0.15) is 5.75 Å². The van der Waals surface area contributed by atoms with E-state index in [4.69, 9.17) is 0 Å². The summed E-state index contributed by atoms with van der Waals surface area (Å²) in [5, 5.41) is 14.4. The average Bonchev–Trinajstić information content (AvgIpc) is 2.75. The summed E-state index contributed by atoms with van der Waals surface area (Å²) >= 11 is 0. The van der Waals surface area contributed by atoms with Crippen molar-refractivity contribution >= 4 is 12.2 Å². The van der Waals surface area contributed by atoms with Crippen LogP contribution in [0.25, 0.3) is 22.5 Å². The van der Waals surface area contributed by atoms with E-state index in [0.29, 0.717) is 17.2 Å². The molecule has 0 saturated heterocycles. The molecular formula is C22H17N5O. The van der Waals surface area contributed by atoms with Gasteiger partial charge >= 0.3 is 0 Å². The van der Waals surface area contributed by atoms with Gasteiger partial charge in [0, 0.05) is 29.1 Å². The van der Waals surface area contributed by atoms with Crippen LogP contribution in [0.2, 0.25) is 0 Å². The van der Waals surface area contributed by atoms with Gasteiger partial charge in [0.15, 0.2) is 0 Å². The number of pyridine rings is 1. The smallest absolute Gasteiger partial charge is 0.244 e. The third-order valence-corrected chi connectivity index (χ3v) is 4.04. The molecule has 28 heavy (non-hydrogen) atoms. The lowest BCUT2D eigenvalue weighted by Gasteiger charge is -2.09. The van der Waals surface area contributed by atoms with Crippen molar-refractivity contribution < 1.29 is 5.11 Å². The Labute approximate surface area is 162 Å². The number of hydrogen-bond acceptors (Lipinski definition) is 6. The van der Waals surface area contributed by atoms with Crippen LogP contribution in [0.4, 0.5) is 5.95 Å². The van der Waals surface area contributed by atoms with E-state index >= 15 is 0 Å². The van der Waals surface area contributed by atoms with Crippen LogP contribution in [0.1, 0.15) is 5.56 Å². The van der Waals surface area contributed by atoms with Crippen molar-refractivity contribution in [2.45, 2.75) is 0 Å². The van der Waals surface area contributed by atoms with Crippen LogP contribution in [-0.2, 0) is 0 Å². The number of nitrogens with one attached hydrogen (secondary N) is 1. The third kappa shape index (κ3) is 4.02. The Morgan fingerprint density at radius 3 is 2.43 bits per heavy atom. The first-order valence-corrected chi connectivity index (χ1v) is 8.71. The summed E-state index contributed by atoms with van der Waals surface area (Å²) < 4.78 is 0. The van der Waals surface area contributed by atoms with Crippen LogP contribution >= 0.6 is 0 Å². The van der Waals surface area contributed by atoms with Gasteiger partial charge < -0.3 is 5.11 Å². The van der Waals surface area contributed by atoms with Crippen LogP contribution in [0.5, 0.6) is 5.75 Å². The summed E-state index contributed by atoms with van der Waals surface area (Å²) in [4.78, 5) is 13.1. The van der Waals surface area contributed by atoms with Crippen LogP contribution in [0.15, 0.2) is 90.3 Å². The monoisotopic (exact) mass is 367 g/mol. The molecule has 0 bridgehead atoms.